The van der Waals surface area contributed by atoms with Gasteiger partial charge in [0, 0.05) is 40.5 Å². The van der Waals surface area contributed by atoms with E-state index in [2.05, 4.69) is 0 Å². The second-order valence-electron chi connectivity index (χ2n) is 3.65. The van der Waals surface area contributed by atoms with Crippen LogP contribution in [0.4, 0.5) is 0 Å². The lowest BCUT2D eigenvalue weighted by atomic mass is 10.2. The topological polar surface area (TPSA) is 74.0 Å². The predicted octanol–water partition coefficient (Wildman–Crippen LogP) is -0.528. The van der Waals surface area contributed by atoms with E-state index >= 15 is 0 Å². The molecule has 1 unspecified atom stereocenters. The van der Waals surface area contributed by atoms with Gasteiger partial charge in [0.05, 0.1) is 13.7 Å². The molecule has 102 valence electrons. The van der Waals surface area contributed by atoms with Crippen molar-refractivity contribution >= 4 is 5.97 Å². The molecule has 0 heterocycles. The van der Waals surface area contributed by atoms with Crippen LogP contribution in [0.25, 0.3) is 0 Å². The van der Waals surface area contributed by atoms with Crippen molar-refractivity contribution < 1.29 is 19.0 Å². The van der Waals surface area contributed by atoms with E-state index in [0.717, 1.165) is 13.0 Å². The Balaban J connectivity index is 4.33. The second-order valence-corrected chi connectivity index (χ2v) is 3.65. The Morgan fingerprint density at radius 2 is 1.82 bits per heavy atom. The van der Waals surface area contributed by atoms with E-state index < -0.39 is 6.04 Å². The van der Waals surface area contributed by atoms with Crippen LogP contribution in [0, 0.1) is 0 Å². The van der Waals surface area contributed by atoms with Crippen LogP contribution >= 0.6 is 0 Å². The fourth-order valence-electron chi connectivity index (χ4n) is 1.57. The van der Waals surface area contributed by atoms with Gasteiger partial charge in [0.25, 0.3) is 0 Å². The molecule has 0 aliphatic heterocycles. The number of carbonyl (C=O) groups is 1. The molecule has 0 saturated carbocycles. The Kier molecular flexibility index (Phi) is 10.0. The number of hydrogen-bond acceptors (Lipinski definition) is 6. The summed E-state index contributed by atoms with van der Waals surface area (Å²) in [7, 11) is 4.65. The molecule has 0 aromatic rings. The Morgan fingerprint density at radius 1 is 1.18 bits per heavy atom. The third-order valence-electron chi connectivity index (χ3n) is 2.51. The molecule has 6 heteroatoms. The minimum Gasteiger partial charge on any atom is -0.468 e. The monoisotopic (exact) mass is 248 g/mol. The van der Waals surface area contributed by atoms with Crippen LogP contribution in [0.2, 0.25) is 0 Å². The fraction of sp³-hybridized carbons (Fsp3) is 0.909. The summed E-state index contributed by atoms with van der Waals surface area (Å²) in [4.78, 5) is 13.5. The number of nitrogens with zero attached hydrogens (tertiary/aromatic N) is 1. The Bertz CT molecular complexity index is 202. The second kappa shape index (κ2) is 10.5. The number of rotatable bonds is 10. The molecule has 0 rings (SSSR count). The molecule has 6 nitrogen and oxygen atoms in total. The lowest BCUT2D eigenvalue weighted by Gasteiger charge is -2.28. The molecule has 0 spiro atoms. The lowest BCUT2D eigenvalue weighted by molar-refractivity contribution is -0.146. The van der Waals surface area contributed by atoms with Gasteiger partial charge in [-0.3, -0.25) is 9.69 Å². The van der Waals surface area contributed by atoms with Gasteiger partial charge in [0.15, 0.2) is 0 Å². The molecule has 0 aromatic heterocycles. The summed E-state index contributed by atoms with van der Waals surface area (Å²) in [6.45, 7) is 2.83. The summed E-state index contributed by atoms with van der Waals surface area (Å²) in [6.07, 6.45) is 0.841. The third-order valence-corrected chi connectivity index (χ3v) is 2.51. The summed E-state index contributed by atoms with van der Waals surface area (Å²) < 4.78 is 14.8. The van der Waals surface area contributed by atoms with E-state index in [1.807, 2.05) is 4.90 Å². The number of nitrogens with two attached hydrogens (primary N) is 1. The first-order valence-corrected chi connectivity index (χ1v) is 5.71. The minimum absolute atomic E-state index is 0.239. The van der Waals surface area contributed by atoms with Crippen LogP contribution in [-0.4, -0.2) is 71.1 Å². The van der Waals surface area contributed by atoms with Gasteiger partial charge in [0.2, 0.25) is 0 Å². The first-order valence-electron chi connectivity index (χ1n) is 5.71. The van der Waals surface area contributed by atoms with E-state index in [4.69, 9.17) is 19.9 Å². The normalized spacial score (nSPS) is 12.8. The SMILES string of the molecule is COCCCN(CCOC)C(CN)C(=O)OC. The molecule has 2 N–H and O–H groups in total. The van der Waals surface area contributed by atoms with Crippen molar-refractivity contribution in [1.29, 1.82) is 0 Å². The van der Waals surface area contributed by atoms with Gasteiger partial charge in [-0.2, -0.15) is 0 Å². The van der Waals surface area contributed by atoms with Crippen molar-refractivity contribution in [3.8, 4) is 0 Å². The Hall–Kier alpha value is -0.690. The lowest BCUT2D eigenvalue weighted by Crippen LogP contribution is -2.48. The number of methoxy groups -OCH3 is 3. The van der Waals surface area contributed by atoms with Gasteiger partial charge >= 0.3 is 5.97 Å². The summed E-state index contributed by atoms with van der Waals surface area (Å²) in [6, 6.07) is -0.410. The van der Waals surface area contributed by atoms with E-state index in [0.29, 0.717) is 19.8 Å². The molecule has 17 heavy (non-hydrogen) atoms. The first kappa shape index (κ1) is 16.3. The van der Waals surface area contributed by atoms with Gasteiger partial charge in [-0.25, -0.2) is 0 Å². The van der Waals surface area contributed by atoms with Crippen molar-refractivity contribution in [2.45, 2.75) is 12.5 Å². The number of hydrogen-bond donors (Lipinski definition) is 1. The molecule has 0 saturated heterocycles. The van der Waals surface area contributed by atoms with Gasteiger partial charge < -0.3 is 19.9 Å². The minimum atomic E-state index is -0.410. The molecule has 0 fully saturated rings. The standard InChI is InChI=1S/C11H24N2O4/c1-15-7-4-5-13(6-8-16-2)10(9-12)11(14)17-3/h10H,4-9,12H2,1-3H3. The van der Waals surface area contributed by atoms with Gasteiger partial charge in [-0.15, -0.1) is 0 Å². The number of esters is 1. The zero-order valence-electron chi connectivity index (χ0n) is 11.0. The van der Waals surface area contributed by atoms with Crippen LogP contribution < -0.4 is 5.73 Å². The summed E-state index contributed by atoms with van der Waals surface area (Å²) in [5.41, 5.74) is 5.61. The maximum atomic E-state index is 11.6. The summed E-state index contributed by atoms with van der Waals surface area (Å²) in [5, 5.41) is 0. The zero-order chi connectivity index (χ0) is 13.1. The first-order chi connectivity index (χ1) is 8.21. The maximum Gasteiger partial charge on any atom is 0.324 e. The van der Waals surface area contributed by atoms with Crippen molar-refractivity contribution in [2.24, 2.45) is 5.73 Å². The van der Waals surface area contributed by atoms with E-state index in [-0.39, 0.29) is 12.5 Å². The molecule has 1 atom stereocenters. The summed E-state index contributed by atoms with van der Waals surface area (Å²) in [5.74, 6) is -0.305. The molecule has 0 amide bonds. The van der Waals surface area contributed by atoms with Crippen LogP contribution in [0.1, 0.15) is 6.42 Å². The molecular formula is C11H24N2O4. The number of ether oxygens (including phenoxy) is 3. The Morgan fingerprint density at radius 3 is 2.29 bits per heavy atom. The summed E-state index contributed by atoms with van der Waals surface area (Å²) >= 11 is 0. The van der Waals surface area contributed by atoms with E-state index in [1.54, 1.807) is 14.2 Å². The van der Waals surface area contributed by atoms with Gasteiger partial charge in [-0.1, -0.05) is 0 Å². The molecule has 0 aromatic carbocycles. The van der Waals surface area contributed by atoms with Gasteiger partial charge in [0.1, 0.15) is 6.04 Å². The quantitative estimate of drug-likeness (QED) is 0.414. The van der Waals surface area contributed by atoms with Crippen molar-refractivity contribution in [2.75, 3.05) is 54.2 Å². The highest BCUT2D eigenvalue weighted by Gasteiger charge is 2.24. The highest BCUT2D eigenvalue weighted by Crippen LogP contribution is 2.02. The molecule has 0 aliphatic rings. The smallest absolute Gasteiger partial charge is 0.324 e. The largest absolute Gasteiger partial charge is 0.468 e. The van der Waals surface area contributed by atoms with Crippen LogP contribution in [0.3, 0.4) is 0 Å². The van der Waals surface area contributed by atoms with Crippen LogP contribution in [-0.2, 0) is 19.0 Å². The van der Waals surface area contributed by atoms with E-state index in [9.17, 15) is 4.79 Å². The molecule has 0 bridgehead atoms. The van der Waals surface area contributed by atoms with Crippen LogP contribution in [0.15, 0.2) is 0 Å². The van der Waals surface area contributed by atoms with Crippen molar-refractivity contribution in [3.63, 3.8) is 0 Å². The molecule has 0 radical (unpaired) electrons. The third kappa shape index (κ3) is 6.58. The zero-order valence-corrected chi connectivity index (χ0v) is 11.0. The van der Waals surface area contributed by atoms with Crippen LogP contribution in [0.5, 0.6) is 0 Å². The average Bonchev–Trinajstić information content (AvgIpc) is 2.35. The van der Waals surface area contributed by atoms with Crippen molar-refractivity contribution in [3.05, 3.63) is 0 Å². The molecule has 0 aliphatic carbocycles. The fourth-order valence-corrected chi connectivity index (χ4v) is 1.57. The van der Waals surface area contributed by atoms with Crippen molar-refractivity contribution in [1.82, 2.24) is 4.90 Å². The highest BCUT2D eigenvalue weighted by atomic mass is 16.5. The highest BCUT2D eigenvalue weighted by molar-refractivity contribution is 5.75. The predicted molar refractivity (Wildman–Crippen MR) is 64.8 cm³/mol. The van der Waals surface area contributed by atoms with E-state index in [1.165, 1.54) is 7.11 Å². The number of carbonyl (C=O) groups excluding carboxylic acids is 1. The maximum absolute atomic E-state index is 11.6. The Labute approximate surface area is 103 Å². The van der Waals surface area contributed by atoms with Gasteiger partial charge in [-0.05, 0) is 6.42 Å². The average molecular weight is 248 g/mol. The molecular weight excluding hydrogens is 224 g/mol.